The van der Waals surface area contributed by atoms with Crippen LogP contribution in [0.4, 0.5) is 0 Å². The summed E-state index contributed by atoms with van der Waals surface area (Å²) in [6.45, 7) is 3.24. The molecular formula is C10H13NO2. The third-order valence-corrected chi connectivity index (χ3v) is 2.10. The van der Waals surface area contributed by atoms with E-state index in [4.69, 9.17) is 9.47 Å². The Balaban J connectivity index is 2.37. The lowest BCUT2D eigenvalue weighted by molar-refractivity contribution is 0.173. The van der Waals surface area contributed by atoms with Crippen molar-refractivity contribution in [3.8, 4) is 11.5 Å². The van der Waals surface area contributed by atoms with Crippen LogP contribution in [-0.2, 0) is 6.54 Å². The number of ether oxygens (including phenoxy) is 2. The fourth-order valence-electron chi connectivity index (χ4n) is 1.56. The molecule has 1 heterocycles. The Morgan fingerprint density at radius 1 is 1.38 bits per heavy atom. The minimum absolute atomic E-state index is 0.346. The Hall–Kier alpha value is -1.22. The van der Waals surface area contributed by atoms with Gasteiger partial charge in [-0.2, -0.15) is 0 Å². The standard InChI is InChI=1S/C10H13NO2/c1-7-3-8(5-11-2)4-9-10(7)13-6-12-9/h3-4,11H,5-6H2,1-2H3. The smallest absolute Gasteiger partial charge is 0.231 e. The summed E-state index contributed by atoms with van der Waals surface area (Å²) in [6, 6.07) is 4.13. The van der Waals surface area contributed by atoms with Crippen LogP contribution >= 0.6 is 0 Å². The summed E-state index contributed by atoms with van der Waals surface area (Å²) in [4.78, 5) is 0. The number of fused-ring (bicyclic) bond motifs is 1. The number of rotatable bonds is 2. The van der Waals surface area contributed by atoms with Gasteiger partial charge in [-0.3, -0.25) is 0 Å². The second kappa shape index (κ2) is 3.26. The van der Waals surface area contributed by atoms with Crippen molar-refractivity contribution < 1.29 is 9.47 Å². The van der Waals surface area contributed by atoms with Gasteiger partial charge in [-0.05, 0) is 31.2 Å². The lowest BCUT2D eigenvalue weighted by atomic mass is 10.1. The van der Waals surface area contributed by atoms with Gasteiger partial charge in [0.05, 0.1) is 0 Å². The third kappa shape index (κ3) is 1.47. The predicted molar refractivity (Wildman–Crippen MR) is 50.1 cm³/mol. The van der Waals surface area contributed by atoms with E-state index >= 15 is 0 Å². The van der Waals surface area contributed by atoms with Crippen LogP contribution in [-0.4, -0.2) is 13.8 Å². The van der Waals surface area contributed by atoms with Gasteiger partial charge in [-0.1, -0.05) is 6.07 Å². The summed E-state index contributed by atoms with van der Waals surface area (Å²) in [5, 5.41) is 3.11. The van der Waals surface area contributed by atoms with Gasteiger partial charge >= 0.3 is 0 Å². The van der Waals surface area contributed by atoms with Gasteiger partial charge in [0, 0.05) is 6.54 Å². The zero-order valence-corrected chi connectivity index (χ0v) is 7.89. The molecule has 3 heteroatoms. The van der Waals surface area contributed by atoms with Crippen LogP contribution in [0.1, 0.15) is 11.1 Å². The fourth-order valence-corrected chi connectivity index (χ4v) is 1.56. The summed E-state index contributed by atoms with van der Waals surface area (Å²) >= 11 is 0. The average molecular weight is 179 g/mol. The van der Waals surface area contributed by atoms with Crippen LogP contribution in [0.3, 0.4) is 0 Å². The van der Waals surface area contributed by atoms with Crippen molar-refractivity contribution in [1.82, 2.24) is 5.32 Å². The molecule has 1 aromatic carbocycles. The molecule has 3 nitrogen and oxygen atoms in total. The first kappa shape index (κ1) is 8.38. The summed E-state index contributed by atoms with van der Waals surface area (Å²) in [6.07, 6.45) is 0. The maximum Gasteiger partial charge on any atom is 0.231 e. The highest BCUT2D eigenvalue weighted by Crippen LogP contribution is 2.36. The molecule has 0 aromatic heterocycles. The van der Waals surface area contributed by atoms with Gasteiger partial charge in [-0.25, -0.2) is 0 Å². The Bertz CT molecular complexity index is 323. The maximum atomic E-state index is 5.32. The molecule has 1 aliphatic rings. The predicted octanol–water partition coefficient (Wildman–Crippen LogP) is 1.44. The second-order valence-corrected chi connectivity index (χ2v) is 3.18. The largest absolute Gasteiger partial charge is 0.454 e. The third-order valence-electron chi connectivity index (χ3n) is 2.10. The first-order valence-corrected chi connectivity index (χ1v) is 4.35. The van der Waals surface area contributed by atoms with Crippen LogP contribution in [0, 0.1) is 6.92 Å². The van der Waals surface area contributed by atoms with Crippen LogP contribution in [0.25, 0.3) is 0 Å². The van der Waals surface area contributed by atoms with E-state index in [1.165, 1.54) is 5.56 Å². The van der Waals surface area contributed by atoms with E-state index < -0.39 is 0 Å². The minimum atomic E-state index is 0.346. The van der Waals surface area contributed by atoms with Gasteiger partial charge in [0.2, 0.25) is 6.79 Å². The van der Waals surface area contributed by atoms with E-state index in [2.05, 4.69) is 11.4 Å². The van der Waals surface area contributed by atoms with Gasteiger partial charge in [0.1, 0.15) is 0 Å². The summed E-state index contributed by atoms with van der Waals surface area (Å²) in [5.74, 6) is 1.75. The molecule has 0 bridgehead atoms. The molecule has 0 spiro atoms. The van der Waals surface area contributed by atoms with Crippen molar-refractivity contribution in [1.29, 1.82) is 0 Å². The van der Waals surface area contributed by atoms with E-state index in [0.29, 0.717) is 6.79 Å². The highest BCUT2D eigenvalue weighted by Gasteiger charge is 2.16. The van der Waals surface area contributed by atoms with E-state index in [1.807, 2.05) is 20.0 Å². The summed E-state index contributed by atoms with van der Waals surface area (Å²) in [5.41, 5.74) is 2.37. The molecule has 0 unspecified atom stereocenters. The minimum Gasteiger partial charge on any atom is -0.454 e. The monoisotopic (exact) mass is 179 g/mol. The van der Waals surface area contributed by atoms with Crippen molar-refractivity contribution in [3.05, 3.63) is 23.3 Å². The van der Waals surface area contributed by atoms with Gasteiger partial charge in [0.25, 0.3) is 0 Å². The van der Waals surface area contributed by atoms with E-state index in [0.717, 1.165) is 23.6 Å². The summed E-state index contributed by atoms with van der Waals surface area (Å²) < 4.78 is 10.6. The normalized spacial score (nSPS) is 13.4. The molecule has 0 saturated carbocycles. The molecule has 1 N–H and O–H groups in total. The van der Waals surface area contributed by atoms with Crippen molar-refractivity contribution in [2.24, 2.45) is 0 Å². The number of aryl methyl sites for hydroxylation is 1. The topological polar surface area (TPSA) is 30.5 Å². The quantitative estimate of drug-likeness (QED) is 0.745. The van der Waals surface area contributed by atoms with Crippen molar-refractivity contribution >= 4 is 0 Å². The number of nitrogens with one attached hydrogen (secondary N) is 1. The molecule has 0 radical (unpaired) electrons. The molecule has 1 aliphatic heterocycles. The first-order valence-electron chi connectivity index (χ1n) is 4.35. The lowest BCUT2D eigenvalue weighted by Gasteiger charge is -2.04. The van der Waals surface area contributed by atoms with Gasteiger partial charge < -0.3 is 14.8 Å². The molecule has 1 aromatic rings. The highest BCUT2D eigenvalue weighted by molar-refractivity contribution is 5.50. The SMILES string of the molecule is CNCc1cc(C)c2c(c1)OCO2. The molecule has 0 fully saturated rings. The molecule has 70 valence electrons. The number of hydrogen-bond acceptors (Lipinski definition) is 3. The van der Waals surface area contributed by atoms with E-state index in [-0.39, 0.29) is 0 Å². The van der Waals surface area contributed by atoms with Crippen molar-refractivity contribution in [2.45, 2.75) is 13.5 Å². The van der Waals surface area contributed by atoms with Crippen LogP contribution < -0.4 is 14.8 Å². The van der Waals surface area contributed by atoms with Gasteiger partial charge in [-0.15, -0.1) is 0 Å². The van der Waals surface area contributed by atoms with Crippen LogP contribution in [0.15, 0.2) is 12.1 Å². The number of hydrogen-bond donors (Lipinski definition) is 1. The fraction of sp³-hybridized carbons (Fsp3) is 0.400. The Kier molecular flexibility index (Phi) is 2.10. The number of benzene rings is 1. The van der Waals surface area contributed by atoms with Crippen molar-refractivity contribution in [2.75, 3.05) is 13.8 Å². The zero-order valence-electron chi connectivity index (χ0n) is 7.89. The Labute approximate surface area is 77.7 Å². The molecule has 0 atom stereocenters. The van der Waals surface area contributed by atoms with Crippen LogP contribution in [0.5, 0.6) is 11.5 Å². The van der Waals surface area contributed by atoms with Crippen LogP contribution in [0.2, 0.25) is 0 Å². The summed E-state index contributed by atoms with van der Waals surface area (Å²) in [7, 11) is 1.93. The average Bonchev–Trinajstić information content (AvgIpc) is 2.53. The van der Waals surface area contributed by atoms with Gasteiger partial charge in [0.15, 0.2) is 11.5 Å². The Morgan fingerprint density at radius 2 is 2.23 bits per heavy atom. The molecule has 13 heavy (non-hydrogen) atoms. The zero-order chi connectivity index (χ0) is 9.26. The van der Waals surface area contributed by atoms with E-state index in [1.54, 1.807) is 0 Å². The molecular weight excluding hydrogens is 166 g/mol. The highest BCUT2D eigenvalue weighted by atomic mass is 16.7. The molecule has 0 saturated heterocycles. The molecule has 0 amide bonds. The first-order chi connectivity index (χ1) is 6.31. The van der Waals surface area contributed by atoms with E-state index in [9.17, 15) is 0 Å². The molecule has 2 rings (SSSR count). The second-order valence-electron chi connectivity index (χ2n) is 3.18. The van der Waals surface area contributed by atoms with Crippen molar-refractivity contribution in [3.63, 3.8) is 0 Å². The maximum absolute atomic E-state index is 5.32. The molecule has 0 aliphatic carbocycles. The Morgan fingerprint density at radius 3 is 3.00 bits per heavy atom. The lowest BCUT2D eigenvalue weighted by Crippen LogP contribution is -2.05.